The lowest BCUT2D eigenvalue weighted by molar-refractivity contribution is 0.550. The third-order valence-corrected chi connectivity index (χ3v) is 16.1. The maximum atomic E-state index is 2.52. The van der Waals surface area contributed by atoms with Gasteiger partial charge < -0.3 is 9.13 Å². The minimum Gasteiger partial charge on any atom is -0.309 e. The molecule has 2 aliphatic rings. The molecule has 0 atom stereocenters. The molecule has 1 saturated carbocycles. The third-order valence-electron chi connectivity index (χ3n) is 16.1. The summed E-state index contributed by atoms with van der Waals surface area (Å²) in [6.07, 6.45) is 4.94. The third kappa shape index (κ3) is 5.49. The van der Waals surface area contributed by atoms with Crippen LogP contribution >= 0.6 is 0 Å². The molecule has 2 aromatic heterocycles. The lowest BCUT2D eigenvalue weighted by atomic mass is 9.76. The number of benzene rings is 11. The number of para-hydroxylation sites is 4. The summed E-state index contributed by atoms with van der Waals surface area (Å²) >= 11 is 0. The average Bonchev–Trinajstić information content (AvgIpc) is 4.19. The summed E-state index contributed by atoms with van der Waals surface area (Å²) in [7, 11) is 0. The van der Waals surface area contributed by atoms with Gasteiger partial charge in [0.05, 0.1) is 22.1 Å². The molecule has 1 spiro atoms. The molecular formula is C67H46N2. The molecule has 0 aliphatic heterocycles. The van der Waals surface area contributed by atoms with Crippen molar-refractivity contribution in [1.82, 2.24) is 9.13 Å². The molecular weight excluding hydrogens is 833 g/mol. The number of rotatable bonds is 5. The van der Waals surface area contributed by atoms with Crippen LogP contribution in [0.3, 0.4) is 0 Å². The smallest absolute Gasteiger partial charge is 0.0547 e. The molecule has 2 aliphatic carbocycles. The zero-order valence-corrected chi connectivity index (χ0v) is 38.2. The van der Waals surface area contributed by atoms with Crippen LogP contribution in [0, 0.1) is 0 Å². The number of aromatic nitrogens is 2. The first kappa shape index (κ1) is 38.6. The Kier molecular flexibility index (Phi) is 8.27. The van der Waals surface area contributed by atoms with Gasteiger partial charge in [-0.2, -0.15) is 0 Å². The molecule has 1 fully saturated rings. The van der Waals surface area contributed by atoms with Crippen LogP contribution in [0.4, 0.5) is 0 Å². The molecule has 2 heterocycles. The van der Waals surface area contributed by atoms with Gasteiger partial charge in [-0.25, -0.2) is 0 Å². The Morgan fingerprint density at radius 2 is 0.710 bits per heavy atom. The van der Waals surface area contributed by atoms with Crippen molar-refractivity contribution in [3.8, 4) is 55.9 Å². The van der Waals surface area contributed by atoms with Crippen molar-refractivity contribution in [3.63, 3.8) is 0 Å². The minimum atomic E-state index is 0.0673. The van der Waals surface area contributed by atoms with E-state index < -0.39 is 0 Å². The molecule has 2 heteroatoms. The fraction of sp³-hybridized carbons (Fsp3) is 0.0746. The van der Waals surface area contributed by atoms with Gasteiger partial charge in [0.25, 0.3) is 0 Å². The van der Waals surface area contributed by atoms with E-state index in [-0.39, 0.29) is 5.41 Å². The SMILES string of the molecule is c1ccc(-n2c3ccccc3c3ccc(-c4cccc5c(-c6cccc7c6-c6ccccc6C76CCCC6)c6cccc(-c7ccc8c9ccccc9n(-c9ccccc9)c8c7)c6cc45)cc32)cc1. The van der Waals surface area contributed by atoms with E-state index in [0.717, 1.165) is 0 Å². The quantitative estimate of drug-likeness (QED) is 0.152. The summed E-state index contributed by atoms with van der Waals surface area (Å²) in [6.45, 7) is 0. The molecule has 324 valence electrons. The van der Waals surface area contributed by atoms with E-state index in [2.05, 4.69) is 240 Å². The topological polar surface area (TPSA) is 9.86 Å². The van der Waals surface area contributed by atoms with Crippen molar-refractivity contribution >= 4 is 65.2 Å². The van der Waals surface area contributed by atoms with Crippen molar-refractivity contribution in [2.75, 3.05) is 0 Å². The van der Waals surface area contributed by atoms with Crippen LogP contribution in [0.2, 0.25) is 0 Å². The van der Waals surface area contributed by atoms with Gasteiger partial charge in [0, 0.05) is 38.3 Å². The first-order valence-corrected chi connectivity index (χ1v) is 24.6. The minimum absolute atomic E-state index is 0.0673. The van der Waals surface area contributed by atoms with Crippen LogP contribution < -0.4 is 0 Å². The summed E-state index contributed by atoms with van der Waals surface area (Å²) in [4.78, 5) is 0. The fourth-order valence-electron chi connectivity index (χ4n) is 13.2. The van der Waals surface area contributed by atoms with Crippen molar-refractivity contribution < 1.29 is 0 Å². The van der Waals surface area contributed by atoms with Crippen molar-refractivity contribution in [2.24, 2.45) is 0 Å². The predicted octanol–water partition coefficient (Wildman–Crippen LogP) is 18.0. The summed E-state index contributed by atoms with van der Waals surface area (Å²) < 4.78 is 4.87. The van der Waals surface area contributed by atoms with E-state index >= 15 is 0 Å². The van der Waals surface area contributed by atoms with Gasteiger partial charge in [-0.05, 0) is 145 Å². The van der Waals surface area contributed by atoms with Crippen molar-refractivity contribution in [1.29, 1.82) is 0 Å². The molecule has 2 nitrogen and oxygen atoms in total. The van der Waals surface area contributed by atoms with Crippen molar-refractivity contribution in [3.05, 3.63) is 242 Å². The van der Waals surface area contributed by atoms with Gasteiger partial charge in [-0.15, -0.1) is 0 Å². The Balaban J connectivity index is 1.04. The van der Waals surface area contributed by atoms with Crippen LogP contribution in [0.1, 0.15) is 36.8 Å². The zero-order chi connectivity index (χ0) is 45.2. The fourth-order valence-corrected chi connectivity index (χ4v) is 13.2. The second-order valence-electron chi connectivity index (χ2n) is 19.5. The van der Waals surface area contributed by atoms with E-state index in [1.807, 2.05) is 0 Å². The molecule has 13 aromatic rings. The molecule has 0 amide bonds. The summed E-state index contributed by atoms with van der Waals surface area (Å²) in [6, 6.07) is 86.7. The van der Waals surface area contributed by atoms with Crippen LogP contribution in [0.15, 0.2) is 231 Å². The van der Waals surface area contributed by atoms with Gasteiger partial charge in [0.2, 0.25) is 0 Å². The van der Waals surface area contributed by atoms with E-state index in [9.17, 15) is 0 Å². The molecule has 0 N–H and O–H groups in total. The lowest BCUT2D eigenvalue weighted by Gasteiger charge is -2.27. The van der Waals surface area contributed by atoms with Gasteiger partial charge >= 0.3 is 0 Å². The Morgan fingerprint density at radius 3 is 1.29 bits per heavy atom. The highest BCUT2D eigenvalue weighted by Crippen LogP contribution is 2.60. The number of nitrogens with zero attached hydrogens (tertiary/aromatic N) is 2. The summed E-state index contributed by atoms with van der Waals surface area (Å²) in [5, 5.41) is 10.1. The van der Waals surface area contributed by atoms with Crippen LogP contribution in [-0.4, -0.2) is 9.13 Å². The summed E-state index contributed by atoms with van der Waals surface area (Å²) in [5.74, 6) is 0. The number of fused-ring (bicyclic) bond motifs is 13. The monoisotopic (exact) mass is 878 g/mol. The molecule has 15 rings (SSSR count). The maximum absolute atomic E-state index is 2.52. The largest absolute Gasteiger partial charge is 0.309 e. The van der Waals surface area contributed by atoms with Crippen molar-refractivity contribution in [2.45, 2.75) is 31.1 Å². The Morgan fingerprint density at radius 1 is 0.275 bits per heavy atom. The Hall–Kier alpha value is -8.46. The molecule has 11 aromatic carbocycles. The lowest BCUT2D eigenvalue weighted by Crippen LogP contribution is -2.20. The van der Waals surface area contributed by atoms with E-state index in [0.29, 0.717) is 0 Å². The molecule has 69 heavy (non-hydrogen) atoms. The Labute approximate surface area is 401 Å². The van der Waals surface area contributed by atoms with E-state index in [1.54, 1.807) is 0 Å². The second-order valence-corrected chi connectivity index (χ2v) is 19.5. The first-order chi connectivity index (χ1) is 34.2. The number of hydrogen-bond acceptors (Lipinski definition) is 0. The van der Waals surface area contributed by atoms with Crippen LogP contribution in [-0.2, 0) is 5.41 Å². The Bertz CT molecular complexity index is 4020. The first-order valence-electron chi connectivity index (χ1n) is 24.6. The predicted molar refractivity (Wildman–Crippen MR) is 291 cm³/mol. The van der Waals surface area contributed by atoms with Gasteiger partial charge in [0.15, 0.2) is 0 Å². The normalized spacial score (nSPS) is 14.0. The molecule has 0 saturated heterocycles. The van der Waals surface area contributed by atoms with Crippen LogP contribution in [0.25, 0.3) is 121 Å². The van der Waals surface area contributed by atoms with E-state index in [4.69, 9.17) is 0 Å². The van der Waals surface area contributed by atoms with Gasteiger partial charge in [-0.1, -0.05) is 189 Å². The highest BCUT2D eigenvalue weighted by atomic mass is 15.0. The highest BCUT2D eigenvalue weighted by molar-refractivity contribution is 6.22. The molecule has 0 unspecified atom stereocenters. The molecule has 0 bridgehead atoms. The highest BCUT2D eigenvalue weighted by Gasteiger charge is 2.45. The zero-order valence-electron chi connectivity index (χ0n) is 38.2. The number of hydrogen-bond donors (Lipinski definition) is 0. The van der Waals surface area contributed by atoms with E-state index in [1.165, 1.54) is 158 Å². The molecule has 0 radical (unpaired) electrons. The maximum Gasteiger partial charge on any atom is 0.0547 e. The van der Waals surface area contributed by atoms with Gasteiger partial charge in [0.1, 0.15) is 0 Å². The van der Waals surface area contributed by atoms with Gasteiger partial charge in [-0.3, -0.25) is 0 Å². The standard InChI is InChI=1S/C67H46N2/c1-3-18-45(19-4-1)68-61-32-11-8-22-49(61)51-36-34-43(40-63(51)68)47-25-15-27-53-57(47)42-58-48(44-35-37-52-50-23-9-12-33-62(50)69(64(52)41-44)46-20-5-2-6-21-46)26-16-28-54(58)65(53)56-29-17-31-60-66(56)55-24-7-10-30-59(55)67(60)38-13-14-39-67/h1-12,15-37,40-42H,13-14,38-39H2. The van der Waals surface area contributed by atoms with Crippen LogP contribution in [0.5, 0.6) is 0 Å². The summed E-state index contributed by atoms with van der Waals surface area (Å²) in [5.41, 5.74) is 20.6. The average molecular weight is 879 g/mol. The second kappa shape index (κ2) is 14.8.